The lowest BCUT2D eigenvalue weighted by Crippen LogP contribution is -2.49. The van der Waals surface area contributed by atoms with Crippen LogP contribution in [0.25, 0.3) is 0 Å². The Balaban J connectivity index is 2.77. The van der Waals surface area contributed by atoms with Crippen LogP contribution in [0.15, 0.2) is 18.3 Å². The molecule has 0 fully saturated rings. The van der Waals surface area contributed by atoms with Gasteiger partial charge in [0.25, 0.3) is 5.91 Å². The molecule has 1 rings (SSSR count). The Morgan fingerprint density at radius 2 is 2.19 bits per heavy atom. The van der Waals surface area contributed by atoms with Crippen molar-refractivity contribution < 1.29 is 4.79 Å². The first-order valence-corrected chi connectivity index (χ1v) is 6.20. The zero-order chi connectivity index (χ0) is 12.3. The van der Waals surface area contributed by atoms with Gasteiger partial charge in [0.1, 0.15) is 5.69 Å². The number of hydrogen-bond acceptors (Lipinski definition) is 2. The van der Waals surface area contributed by atoms with E-state index in [1.807, 2.05) is 20.8 Å². The number of rotatable bonds is 3. The van der Waals surface area contributed by atoms with Crippen LogP contribution in [0.2, 0.25) is 5.02 Å². The second-order valence-corrected chi connectivity index (χ2v) is 5.96. The van der Waals surface area contributed by atoms with Crippen molar-refractivity contribution in [1.29, 1.82) is 0 Å². The molecule has 0 aliphatic carbocycles. The van der Waals surface area contributed by atoms with Gasteiger partial charge in [-0.15, -0.1) is 0 Å². The molecule has 1 N–H and O–H groups in total. The minimum atomic E-state index is -0.335. The smallest absolute Gasteiger partial charge is 0.270 e. The summed E-state index contributed by atoms with van der Waals surface area (Å²) in [7, 11) is 0. The van der Waals surface area contributed by atoms with E-state index in [4.69, 9.17) is 11.6 Å². The number of carbonyl (C=O) groups is 1. The van der Waals surface area contributed by atoms with Gasteiger partial charge >= 0.3 is 0 Å². The number of nitrogens with one attached hydrogen (secondary N) is 1. The van der Waals surface area contributed by atoms with Gasteiger partial charge in [-0.25, -0.2) is 4.98 Å². The van der Waals surface area contributed by atoms with Crippen molar-refractivity contribution in [3.05, 3.63) is 29.0 Å². The standard InChI is InChI=1S/C11H14BrClN2O/c1-7(12)11(2,3)15-10(16)9-5-4-8(13)6-14-9/h4-7H,1-3H3,(H,15,16). The average molecular weight is 306 g/mol. The Morgan fingerprint density at radius 1 is 1.56 bits per heavy atom. The topological polar surface area (TPSA) is 42.0 Å². The highest BCUT2D eigenvalue weighted by Crippen LogP contribution is 2.17. The van der Waals surface area contributed by atoms with Gasteiger partial charge in [0.15, 0.2) is 0 Å². The number of hydrogen-bond donors (Lipinski definition) is 1. The molecule has 1 atom stereocenters. The first-order valence-electron chi connectivity index (χ1n) is 4.91. The van der Waals surface area contributed by atoms with Crippen LogP contribution >= 0.6 is 27.5 Å². The predicted octanol–water partition coefficient (Wildman–Crippen LogP) is 3.03. The molecule has 5 heteroatoms. The first kappa shape index (κ1) is 13.5. The van der Waals surface area contributed by atoms with Gasteiger partial charge in [-0.1, -0.05) is 34.5 Å². The molecule has 1 aromatic heterocycles. The lowest BCUT2D eigenvalue weighted by molar-refractivity contribution is 0.0909. The summed E-state index contributed by atoms with van der Waals surface area (Å²) in [4.78, 5) is 16.0. The fourth-order valence-corrected chi connectivity index (χ4v) is 1.19. The van der Waals surface area contributed by atoms with E-state index < -0.39 is 0 Å². The minimum Gasteiger partial charge on any atom is -0.345 e. The van der Waals surface area contributed by atoms with E-state index in [0.717, 1.165) is 0 Å². The van der Waals surface area contributed by atoms with Gasteiger partial charge in [-0.05, 0) is 26.0 Å². The molecule has 0 bridgehead atoms. The largest absolute Gasteiger partial charge is 0.345 e. The van der Waals surface area contributed by atoms with Gasteiger partial charge in [0.2, 0.25) is 0 Å². The van der Waals surface area contributed by atoms with E-state index in [1.54, 1.807) is 12.1 Å². The Hall–Kier alpha value is -0.610. The maximum Gasteiger partial charge on any atom is 0.270 e. The molecule has 16 heavy (non-hydrogen) atoms. The van der Waals surface area contributed by atoms with Crippen LogP contribution in [-0.4, -0.2) is 21.3 Å². The molecule has 3 nitrogen and oxygen atoms in total. The summed E-state index contributed by atoms with van der Waals surface area (Å²) >= 11 is 9.15. The van der Waals surface area contributed by atoms with Crippen molar-refractivity contribution in [1.82, 2.24) is 10.3 Å². The number of amides is 1. The first-order chi connectivity index (χ1) is 7.33. The normalized spacial score (nSPS) is 13.3. The summed E-state index contributed by atoms with van der Waals surface area (Å²) in [5.41, 5.74) is 0.0314. The monoisotopic (exact) mass is 304 g/mol. The summed E-state index contributed by atoms with van der Waals surface area (Å²) in [5, 5.41) is 3.42. The Bertz CT molecular complexity index is 376. The van der Waals surface area contributed by atoms with Crippen LogP contribution in [0.5, 0.6) is 0 Å². The van der Waals surface area contributed by atoms with E-state index in [2.05, 4.69) is 26.2 Å². The molecule has 0 aromatic carbocycles. The molecule has 1 heterocycles. The van der Waals surface area contributed by atoms with E-state index in [-0.39, 0.29) is 16.3 Å². The fourth-order valence-electron chi connectivity index (χ4n) is 0.966. The molecule has 0 saturated heterocycles. The average Bonchev–Trinajstić information content (AvgIpc) is 2.17. The molecule has 88 valence electrons. The highest BCUT2D eigenvalue weighted by molar-refractivity contribution is 9.09. The van der Waals surface area contributed by atoms with Crippen molar-refractivity contribution in [2.24, 2.45) is 0 Å². The molecular weight excluding hydrogens is 291 g/mol. The van der Waals surface area contributed by atoms with Crippen molar-refractivity contribution in [2.75, 3.05) is 0 Å². The van der Waals surface area contributed by atoms with Crippen molar-refractivity contribution >= 4 is 33.4 Å². The molecule has 0 radical (unpaired) electrons. The van der Waals surface area contributed by atoms with Gasteiger partial charge in [0, 0.05) is 16.6 Å². The van der Waals surface area contributed by atoms with Crippen LogP contribution < -0.4 is 5.32 Å². The number of halogens is 2. The van der Waals surface area contributed by atoms with Crippen LogP contribution in [0.4, 0.5) is 0 Å². The Labute approximate surface area is 109 Å². The lowest BCUT2D eigenvalue weighted by atomic mass is 10.0. The highest BCUT2D eigenvalue weighted by Gasteiger charge is 2.26. The molecule has 1 aromatic rings. The molecule has 0 aliphatic heterocycles. The molecule has 0 saturated carbocycles. The summed E-state index contributed by atoms with van der Waals surface area (Å²) in [6.45, 7) is 5.87. The van der Waals surface area contributed by atoms with Crippen LogP contribution in [0, 0.1) is 0 Å². The third kappa shape index (κ3) is 3.46. The van der Waals surface area contributed by atoms with E-state index in [1.165, 1.54) is 6.20 Å². The van der Waals surface area contributed by atoms with Gasteiger partial charge in [-0.3, -0.25) is 4.79 Å². The number of pyridine rings is 1. The molecule has 0 spiro atoms. The summed E-state index contributed by atoms with van der Waals surface area (Å²) < 4.78 is 0. The van der Waals surface area contributed by atoms with E-state index in [9.17, 15) is 4.79 Å². The Kier molecular flexibility index (Phi) is 4.33. The maximum absolute atomic E-state index is 11.8. The van der Waals surface area contributed by atoms with Gasteiger partial charge in [0.05, 0.1) is 5.02 Å². The molecule has 0 aliphatic rings. The summed E-state index contributed by atoms with van der Waals surface area (Å²) in [5.74, 6) is -0.201. The fraction of sp³-hybridized carbons (Fsp3) is 0.455. The SMILES string of the molecule is CC(Br)C(C)(C)NC(=O)c1ccc(Cl)cn1. The van der Waals surface area contributed by atoms with Crippen LogP contribution in [0.1, 0.15) is 31.3 Å². The van der Waals surface area contributed by atoms with E-state index in [0.29, 0.717) is 10.7 Å². The van der Waals surface area contributed by atoms with Crippen molar-refractivity contribution in [3.8, 4) is 0 Å². The third-order valence-electron chi connectivity index (χ3n) is 2.39. The second-order valence-electron chi connectivity index (χ2n) is 4.15. The van der Waals surface area contributed by atoms with Crippen LogP contribution in [-0.2, 0) is 0 Å². The number of carbonyl (C=O) groups excluding carboxylic acids is 1. The summed E-state index contributed by atoms with van der Waals surface area (Å²) in [6.07, 6.45) is 1.46. The minimum absolute atomic E-state index is 0.163. The van der Waals surface area contributed by atoms with Crippen molar-refractivity contribution in [2.45, 2.75) is 31.1 Å². The number of alkyl halides is 1. The van der Waals surface area contributed by atoms with Crippen LogP contribution in [0.3, 0.4) is 0 Å². The Morgan fingerprint density at radius 3 is 2.62 bits per heavy atom. The lowest BCUT2D eigenvalue weighted by Gasteiger charge is -2.29. The predicted molar refractivity (Wildman–Crippen MR) is 69.2 cm³/mol. The zero-order valence-electron chi connectivity index (χ0n) is 9.42. The zero-order valence-corrected chi connectivity index (χ0v) is 11.8. The molecular formula is C11H14BrClN2O. The second kappa shape index (κ2) is 5.15. The molecule has 1 unspecified atom stereocenters. The summed E-state index contributed by atoms with van der Waals surface area (Å²) in [6, 6.07) is 3.25. The third-order valence-corrected chi connectivity index (χ3v) is 3.76. The van der Waals surface area contributed by atoms with Gasteiger partial charge in [-0.2, -0.15) is 0 Å². The number of nitrogens with zero attached hydrogens (tertiary/aromatic N) is 1. The van der Waals surface area contributed by atoms with E-state index >= 15 is 0 Å². The highest BCUT2D eigenvalue weighted by atomic mass is 79.9. The van der Waals surface area contributed by atoms with Crippen molar-refractivity contribution in [3.63, 3.8) is 0 Å². The molecule has 1 amide bonds. The quantitative estimate of drug-likeness (QED) is 0.872. The number of aromatic nitrogens is 1. The van der Waals surface area contributed by atoms with Gasteiger partial charge < -0.3 is 5.32 Å². The maximum atomic E-state index is 11.8.